The predicted molar refractivity (Wildman–Crippen MR) is 32.9 cm³/mol. The van der Waals surface area contributed by atoms with Gasteiger partial charge in [0.15, 0.2) is 5.78 Å². The van der Waals surface area contributed by atoms with Crippen LogP contribution in [0.1, 0.15) is 20.3 Å². The van der Waals surface area contributed by atoms with E-state index in [4.69, 9.17) is 5.73 Å². The molecule has 0 heterocycles. The Morgan fingerprint density at radius 2 is 2.25 bits per heavy atom. The molecule has 8 heavy (non-hydrogen) atoms. The first-order chi connectivity index (χ1) is 3.66. The van der Waals surface area contributed by atoms with Crippen LogP contribution in [0.4, 0.5) is 0 Å². The van der Waals surface area contributed by atoms with Crippen LogP contribution in [0.15, 0.2) is 0 Å². The van der Waals surface area contributed by atoms with E-state index < -0.39 is 0 Å². The lowest BCUT2D eigenvalue weighted by Crippen LogP contribution is -2.08. The summed E-state index contributed by atoms with van der Waals surface area (Å²) in [5, 5.41) is 0. The van der Waals surface area contributed by atoms with Crippen LogP contribution >= 0.6 is 0 Å². The third-order valence-corrected chi connectivity index (χ3v) is 0.795. The van der Waals surface area contributed by atoms with Gasteiger partial charge in [-0.2, -0.15) is 0 Å². The summed E-state index contributed by atoms with van der Waals surface area (Å²) in [6, 6.07) is 0. The van der Waals surface area contributed by atoms with Crippen molar-refractivity contribution in [2.45, 2.75) is 20.3 Å². The minimum Gasteiger partial charge on any atom is -0.320 e. The van der Waals surface area contributed by atoms with Gasteiger partial charge >= 0.3 is 0 Å². The Balaban J connectivity index is 3.25. The molecule has 0 aromatic rings. The molecule has 0 bridgehead atoms. The molecule has 2 N–H and O–H groups in total. The molecule has 0 aliphatic rings. The van der Waals surface area contributed by atoms with E-state index in [0.717, 1.165) is 6.54 Å². The largest absolute Gasteiger partial charge is 0.320 e. The number of carbonyl (C=O) groups excluding carboxylic acids is 1. The number of nitrogens with two attached hydrogens (primary N) is 1. The fourth-order valence-corrected chi connectivity index (χ4v) is 0.470. The quantitative estimate of drug-likeness (QED) is 0.587. The van der Waals surface area contributed by atoms with E-state index in [1.54, 1.807) is 0 Å². The molecule has 0 saturated carbocycles. The zero-order chi connectivity index (χ0) is 6.57. The smallest absolute Gasteiger partial charge is 0.151 e. The van der Waals surface area contributed by atoms with E-state index in [9.17, 15) is 4.79 Å². The Morgan fingerprint density at radius 3 is 2.38 bits per heavy atom. The van der Waals surface area contributed by atoms with Crippen LogP contribution in [0.3, 0.4) is 0 Å². The highest BCUT2D eigenvalue weighted by atomic mass is 16.1. The molecule has 0 amide bonds. The van der Waals surface area contributed by atoms with Crippen LogP contribution in [0.2, 0.25) is 0 Å². The second-order valence-corrected chi connectivity index (χ2v) is 2.23. The molecule has 0 saturated heterocycles. The van der Waals surface area contributed by atoms with E-state index in [2.05, 4.69) is 0 Å². The van der Waals surface area contributed by atoms with Crippen molar-refractivity contribution < 1.29 is 4.79 Å². The van der Waals surface area contributed by atoms with Crippen LogP contribution in [0, 0.1) is 12.5 Å². The normalized spacial score (nSPS) is 10.0. The monoisotopic (exact) mass is 114 g/mol. The van der Waals surface area contributed by atoms with Crippen LogP contribution in [0.5, 0.6) is 0 Å². The lowest BCUT2D eigenvalue weighted by molar-refractivity contribution is -0.116. The average Bonchev–Trinajstić information content (AvgIpc) is 1.65. The molecule has 0 rings (SSSR count). The van der Waals surface area contributed by atoms with Gasteiger partial charge in [0.25, 0.3) is 0 Å². The van der Waals surface area contributed by atoms with Gasteiger partial charge in [-0.25, -0.2) is 0 Å². The minimum atomic E-state index is 0.0278. The molecule has 0 aliphatic heterocycles. The van der Waals surface area contributed by atoms with Crippen molar-refractivity contribution >= 4 is 5.78 Å². The Labute approximate surface area is 50.1 Å². The Kier molecular flexibility index (Phi) is 3.44. The van der Waals surface area contributed by atoms with Crippen molar-refractivity contribution in [2.75, 3.05) is 0 Å². The third kappa shape index (κ3) is 3.81. The number of rotatable bonds is 3. The lowest BCUT2D eigenvalue weighted by Gasteiger charge is -1.98. The summed E-state index contributed by atoms with van der Waals surface area (Å²) in [7, 11) is 0. The zero-order valence-corrected chi connectivity index (χ0v) is 5.35. The number of ketones is 1. The Bertz CT molecular complexity index is 78.6. The van der Waals surface area contributed by atoms with E-state index >= 15 is 0 Å². The third-order valence-electron chi connectivity index (χ3n) is 0.795. The maximum Gasteiger partial charge on any atom is 0.151 e. The van der Waals surface area contributed by atoms with Crippen LogP contribution in [0.25, 0.3) is 0 Å². The maximum atomic E-state index is 10.4. The van der Waals surface area contributed by atoms with Gasteiger partial charge < -0.3 is 5.73 Å². The minimum absolute atomic E-state index is 0.0278. The van der Waals surface area contributed by atoms with Crippen LogP contribution in [-0.2, 0) is 4.79 Å². The molecule has 2 heteroatoms. The first-order valence-electron chi connectivity index (χ1n) is 2.74. The Morgan fingerprint density at radius 1 is 1.75 bits per heavy atom. The average molecular weight is 114 g/mol. The summed E-state index contributed by atoms with van der Waals surface area (Å²) in [6.45, 7) is 5.10. The number of Topliss-reactive ketones (excluding diaryl/α,β-unsaturated/α-hetero) is 1. The second kappa shape index (κ2) is 3.61. The van der Waals surface area contributed by atoms with Gasteiger partial charge in [-0.1, -0.05) is 13.8 Å². The van der Waals surface area contributed by atoms with Gasteiger partial charge in [-0.05, 0) is 5.92 Å². The summed E-state index contributed by atoms with van der Waals surface area (Å²) in [5.74, 6) is 0.447. The van der Waals surface area contributed by atoms with Gasteiger partial charge in [0.2, 0.25) is 0 Å². The predicted octanol–water partition coefficient (Wildman–Crippen LogP) is 0.722. The number of hydrogen-bond donors (Lipinski definition) is 1. The maximum absolute atomic E-state index is 10.4. The molecular weight excluding hydrogens is 102 g/mol. The lowest BCUT2D eigenvalue weighted by atomic mass is 10.1. The summed E-state index contributed by atoms with van der Waals surface area (Å²) in [5.41, 5.74) is 4.95. The van der Waals surface area contributed by atoms with Crippen molar-refractivity contribution in [1.29, 1.82) is 0 Å². The molecular formula is C6H12NO. The fraction of sp³-hybridized carbons (Fsp3) is 0.667. The molecule has 1 radical (unpaired) electrons. The first-order valence-corrected chi connectivity index (χ1v) is 2.74. The highest BCUT2D eigenvalue weighted by Crippen LogP contribution is 1.99. The molecule has 0 aromatic carbocycles. The Hall–Kier alpha value is -0.370. The van der Waals surface area contributed by atoms with Crippen molar-refractivity contribution in [3.63, 3.8) is 0 Å². The molecule has 0 spiro atoms. The highest BCUT2D eigenvalue weighted by molar-refractivity contribution is 5.86. The van der Waals surface area contributed by atoms with Gasteiger partial charge in [-0.15, -0.1) is 0 Å². The standard InChI is InChI=1S/C6H12NO/c1-5(2)3-6(8)4-7/h4-5H,3,7H2,1-2H3. The second-order valence-electron chi connectivity index (χ2n) is 2.23. The molecule has 0 fully saturated rings. The SMILES string of the molecule is CC(C)CC(=O)[CH]N. The van der Waals surface area contributed by atoms with Gasteiger partial charge in [0.05, 0.1) is 6.54 Å². The molecule has 0 aromatic heterocycles. The molecule has 0 aliphatic carbocycles. The summed E-state index contributed by atoms with van der Waals surface area (Å²) < 4.78 is 0. The van der Waals surface area contributed by atoms with Gasteiger partial charge in [0, 0.05) is 6.42 Å². The molecule has 0 unspecified atom stereocenters. The van der Waals surface area contributed by atoms with Crippen molar-refractivity contribution in [3.8, 4) is 0 Å². The topological polar surface area (TPSA) is 43.1 Å². The van der Waals surface area contributed by atoms with Crippen molar-refractivity contribution in [1.82, 2.24) is 0 Å². The van der Waals surface area contributed by atoms with E-state index in [1.165, 1.54) is 0 Å². The zero-order valence-electron chi connectivity index (χ0n) is 5.35. The fourth-order valence-electron chi connectivity index (χ4n) is 0.470. The molecule has 2 nitrogen and oxygen atoms in total. The molecule has 0 atom stereocenters. The number of hydrogen-bond acceptors (Lipinski definition) is 2. The van der Waals surface area contributed by atoms with E-state index in [1.807, 2.05) is 13.8 Å². The summed E-state index contributed by atoms with van der Waals surface area (Å²) in [6.07, 6.45) is 0.566. The van der Waals surface area contributed by atoms with Crippen molar-refractivity contribution in [3.05, 3.63) is 6.54 Å². The summed E-state index contributed by atoms with van der Waals surface area (Å²) in [4.78, 5) is 10.4. The van der Waals surface area contributed by atoms with E-state index in [0.29, 0.717) is 12.3 Å². The summed E-state index contributed by atoms with van der Waals surface area (Å²) >= 11 is 0. The molecule has 47 valence electrons. The van der Waals surface area contributed by atoms with Gasteiger partial charge in [-0.3, -0.25) is 4.79 Å². The van der Waals surface area contributed by atoms with E-state index in [-0.39, 0.29) is 5.78 Å². The highest BCUT2D eigenvalue weighted by Gasteiger charge is 2.00. The van der Waals surface area contributed by atoms with Crippen LogP contribution < -0.4 is 5.73 Å². The van der Waals surface area contributed by atoms with Crippen LogP contribution in [-0.4, -0.2) is 5.78 Å². The van der Waals surface area contributed by atoms with Crippen molar-refractivity contribution in [2.24, 2.45) is 11.7 Å². The number of carbonyl (C=O) groups is 1. The first kappa shape index (κ1) is 7.63. The van der Waals surface area contributed by atoms with Gasteiger partial charge in [0.1, 0.15) is 0 Å².